The lowest BCUT2D eigenvalue weighted by Crippen LogP contribution is -1.96. The fraction of sp³-hybridized carbons (Fsp3) is 0.571. The van der Waals surface area contributed by atoms with E-state index in [-0.39, 0.29) is 11.5 Å². The summed E-state index contributed by atoms with van der Waals surface area (Å²) >= 11 is 0. The molecule has 0 heterocycles. The standard InChI is InChI=1S/C14H20O2/c1-9-5-3-4-6-10(2)12-7-11(9)13(15)8-14(12)16/h7-10,15-16H,3-6H2,1-2H3. The van der Waals surface area contributed by atoms with E-state index < -0.39 is 0 Å². The molecule has 2 heteroatoms. The molecular weight excluding hydrogens is 200 g/mol. The molecule has 0 fully saturated rings. The van der Waals surface area contributed by atoms with Crippen LogP contribution in [0.5, 0.6) is 11.5 Å². The van der Waals surface area contributed by atoms with Crippen LogP contribution in [0.3, 0.4) is 0 Å². The third-order valence-electron chi connectivity index (χ3n) is 3.76. The van der Waals surface area contributed by atoms with E-state index in [4.69, 9.17) is 0 Å². The number of phenolic OH excluding ortho intramolecular Hbond substituents is 2. The van der Waals surface area contributed by atoms with Gasteiger partial charge in [0.25, 0.3) is 0 Å². The first-order valence-corrected chi connectivity index (χ1v) is 6.15. The Balaban J connectivity index is 2.50. The van der Waals surface area contributed by atoms with Crippen LogP contribution in [0.15, 0.2) is 12.1 Å². The molecule has 0 aromatic heterocycles. The van der Waals surface area contributed by atoms with E-state index in [1.807, 2.05) is 6.07 Å². The molecule has 2 N–H and O–H groups in total. The van der Waals surface area contributed by atoms with Crippen molar-refractivity contribution in [2.75, 3.05) is 0 Å². The summed E-state index contributed by atoms with van der Waals surface area (Å²) in [4.78, 5) is 0. The van der Waals surface area contributed by atoms with E-state index >= 15 is 0 Å². The molecule has 0 amide bonds. The third kappa shape index (κ3) is 2.01. The average Bonchev–Trinajstić information content (AvgIpc) is 2.28. The van der Waals surface area contributed by atoms with Gasteiger partial charge in [-0.1, -0.05) is 26.7 Å². The van der Waals surface area contributed by atoms with Gasteiger partial charge in [-0.25, -0.2) is 0 Å². The molecule has 0 aliphatic heterocycles. The summed E-state index contributed by atoms with van der Waals surface area (Å²) in [6.07, 6.45) is 4.63. The van der Waals surface area contributed by atoms with Crippen molar-refractivity contribution in [3.05, 3.63) is 23.3 Å². The molecule has 1 aromatic rings. The van der Waals surface area contributed by atoms with E-state index in [2.05, 4.69) is 13.8 Å². The summed E-state index contributed by atoms with van der Waals surface area (Å²) in [6, 6.07) is 3.49. The largest absolute Gasteiger partial charge is 0.508 e. The number of fused-ring (bicyclic) bond motifs is 2. The van der Waals surface area contributed by atoms with E-state index in [1.165, 1.54) is 18.9 Å². The van der Waals surface area contributed by atoms with Crippen molar-refractivity contribution in [1.82, 2.24) is 0 Å². The zero-order valence-corrected chi connectivity index (χ0v) is 10.0. The number of benzene rings is 1. The SMILES string of the molecule is CC1CCCCC(C)c2cc1c(O)cc2O. The van der Waals surface area contributed by atoms with Crippen molar-refractivity contribution < 1.29 is 10.2 Å². The molecule has 0 saturated carbocycles. The first kappa shape index (κ1) is 11.3. The minimum Gasteiger partial charge on any atom is -0.508 e. The van der Waals surface area contributed by atoms with Crippen LogP contribution in [0.1, 0.15) is 62.5 Å². The van der Waals surface area contributed by atoms with Crippen molar-refractivity contribution in [1.29, 1.82) is 0 Å². The normalized spacial score (nSPS) is 25.6. The highest BCUT2D eigenvalue weighted by Gasteiger charge is 2.19. The van der Waals surface area contributed by atoms with Gasteiger partial charge in [0.2, 0.25) is 0 Å². The smallest absolute Gasteiger partial charge is 0.122 e. The Labute approximate surface area is 96.9 Å². The van der Waals surface area contributed by atoms with Crippen LogP contribution in [-0.4, -0.2) is 10.2 Å². The van der Waals surface area contributed by atoms with Crippen molar-refractivity contribution in [2.45, 2.75) is 51.4 Å². The van der Waals surface area contributed by atoms with Gasteiger partial charge >= 0.3 is 0 Å². The summed E-state index contributed by atoms with van der Waals surface area (Å²) in [6.45, 7) is 4.29. The van der Waals surface area contributed by atoms with Crippen LogP contribution in [-0.2, 0) is 0 Å². The maximum atomic E-state index is 9.86. The molecule has 2 unspecified atom stereocenters. The van der Waals surface area contributed by atoms with Crippen LogP contribution < -0.4 is 0 Å². The van der Waals surface area contributed by atoms with E-state index in [0.29, 0.717) is 11.8 Å². The Hall–Kier alpha value is -1.18. The molecule has 1 aliphatic rings. The summed E-state index contributed by atoms with van der Waals surface area (Å²) in [5.74, 6) is 1.24. The maximum Gasteiger partial charge on any atom is 0.122 e. The van der Waals surface area contributed by atoms with Crippen LogP contribution in [0.2, 0.25) is 0 Å². The lowest BCUT2D eigenvalue weighted by atomic mass is 9.92. The molecule has 2 nitrogen and oxygen atoms in total. The Morgan fingerprint density at radius 1 is 0.875 bits per heavy atom. The van der Waals surface area contributed by atoms with E-state index in [0.717, 1.165) is 24.0 Å². The lowest BCUT2D eigenvalue weighted by molar-refractivity contribution is 0.436. The van der Waals surface area contributed by atoms with Crippen molar-refractivity contribution >= 4 is 0 Å². The number of aromatic hydroxyl groups is 2. The average molecular weight is 220 g/mol. The van der Waals surface area contributed by atoms with E-state index in [9.17, 15) is 10.2 Å². The van der Waals surface area contributed by atoms with Gasteiger partial charge in [0.05, 0.1) is 0 Å². The Kier molecular flexibility index (Phi) is 3.08. The van der Waals surface area contributed by atoms with Gasteiger partial charge < -0.3 is 10.2 Å². The summed E-state index contributed by atoms with van der Waals surface area (Å²) < 4.78 is 0. The molecule has 0 radical (unpaired) electrons. The maximum absolute atomic E-state index is 9.86. The van der Waals surface area contributed by atoms with Crippen LogP contribution in [0.4, 0.5) is 0 Å². The van der Waals surface area contributed by atoms with Crippen LogP contribution in [0, 0.1) is 0 Å². The predicted octanol–water partition coefficient (Wildman–Crippen LogP) is 3.88. The van der Waals surface area contributed by atoms with Gasteiger partial charge in [0, 0.05) is 6.07 Å². The molecule has 0 spiro atoms. The molecule has 16 heavy (non-hydrogen) atoms. The molecular formula is C14H20O2. The predicted molar refractivity (Wildman–Crippen MR) is 65.1 cm³/mol. The molecule has 2 rings (SSSR count). The molecule has 0 saturated heterocycles. The van der Waals surface area contributed by atoms with Crippen molar-refractivity contribution in [2.24, 2.45) is 0 Å². The van der Waals surface area contributed by atoms with Gasteiger partial charge in [0.1, 0.15) is 11.5 Å². The minimum atomic E-state index is 0.239. The summed E-state index contributed by atoms with van der Waals surface area (Å²) in [7, 11) is 0. The van der Waals surface area contributed by atoms with Gasteiger partial charge in [0.15, 0.2) is 0 Å². The summed E-state index contributed by atoms with van der Waals surface area (Å²) in [5, 5.41) is 19.7. The fourth-order valence-electron chi connectivity index (χ4n) is 2.61. The monoisotopic (exact) mass is 220 g/mol. The second kappa shape index (κ2) is 4.36. The Morgan fingerprint density at radius 3 is 1.75 bits per heavy atom. The zero-order chi connectivity index (χ0) is 11.7. The molecule has 2 bridgehead atoms. The lowest BCUT2D eigenvalue weighted by Gasteiger charge is -2.16. The van der Waals surface area contributed by atoms with Crippen molar-refractivity contribution in [3.63, 3.8) is 0 Å². The van der Waals surface area contributed by atoms with Crippen LogP contribution in [0.25, 0.3) is 0 Å². The number of rotatable bonds is 0. The first-order valence-electron chi connectivity index (χ1n) is 6.15. The van der Waals surface area contributed by atoms with Crippen LogP contribution >= 0.6 is 0 Å². The molecule has 1 aromatic carbocycles. The fourth-order valence-corrected chi connectivity index (χ4v) is 2.61. The number of hydrogen-bond donors (Lipinski definition) is 2. The van der Waals surface area contributed by atoms with Gasteiger partial charge in [-0.2, -0.15) is 0 Å². The molecule has 1 aliphatic carbocycles. The minimum absolute atomic E-state index is 0.239. The first-order chi connectivity index (χ1) is 7.59. The number of phenols is 2. The second-order valence-electron chi connectivity index (χ2n) is 5.06. The summed E-state index contributed by atoms with van der Waals surface area (Å²) in [5.41, 5.74) is 1.98. The molecule has 88 valence electrons. The highest BCUT2D eigenvalue weighted by atomic mass is 16.3. The van der Waals surface area contributed by atoms with E-state index in [1.54, 1.807) is 0 Å². The van der Waals surface area contributed by atoms with Gasteiger partial charge in [-0.15, -0.1) is 0 Å². The highest BCUT2D eigenvalue weighted by molar-refractivity contribution is 5.48. The topological polar surface area (TPSA) is 40.5 Å². The quantitative estimate of drug-likeness (QED) is 0.696. The zero-order valence-electron chi connectivity index (χ0n) is 10.0. The Morgan fingerprint density at radius 2 is 1.31 bits per heavy atom. The third-order valence-corrected chi connectivity index (χ3v) is 3.76. The van der Waals surface area contributed by atoms with Gasteiger partial charge in [-0.3, -0.25) is 0 Å². The highest BCUT2D eigenvalue weighted by Crippen LogP contribution is 2.40. The van der Waals surface area contributed by atoms with Crippen molar-refractivity contribution in [3.8, 4) is 11.5 Å². The van der Waals surface area contributed by atoms with Gasteiger partial charge in [-0.05, 0) is 41.9 Å². The number of hydrogen-bond acceptors (Lipinski definition) is 2. The Bertz CT molecular complexity index is 351. The molecule has 2 atom stereocenters. The second-order valence-corrected chi connectivity index (χ2v) is 5.06.